The first-order valence-corrected chi connectivity index (χ1v) is 10.8. The van der Waals surface area contributed by atoms with Crippen LogP contribution < -0.4 is 5.32 Å². The highest BCUT2D eigenvalue weighted by atomic mass is 19.1. The zero-order valence-electron chi connectivity index (χ0n) is 18.5. The van der Waals surface area contributed by atoms with E-state index in [-0.39, 0.29) is 11.7 Å². The number of nitrogens with one attached hydrogen (secondary N) is 2. The zero-order valence-corrected chi connectivity index (χ0v) is 18.5. The Morgan fingerprint density at radius 3 is 2.62 bits per heavy atom. The fourth-order valence-electron chi connectivity index (χ4n) is 3.88. The van der Waals surface area contributed by atoms with E-state index in [1.807, 2.05) is 45.0 Å². The van der Waals surface area contributed by atoms with Gasteiger partial charge in [-0.15, -0.1) is 0 Å². The lowest BCUT2D eigenvalue weighted by atomic mass is 10.1. The van der Waals surface area contributed by atoms with Crippen molar-refractivity contribution >= 4 is 22.8 Å². The number of ether oxygens (including phenoxy) is 1. The molecule has 0 atom stereocenters. The van der Waals surface area contributed by atoms with Crippen LogP contribution in [0.25, 0.3) is 22.4 Å². The van der Waals surface area contributed by atoms with E-state index in [9.17, 15) is 9.18 Å². The third-order valence-electron chi connectivity index (χ3n) is 5.67. The number of carbonyl (C=O) groups excluding carboxylic acids is 1. The Balaban J connectivity index is 1.77. The fourth-order valence-corrected chi connectivity index (χ4v) is 3.88. The molecule has 0 aliphatic heterocycles. The summed E-state index contributed by atoms with van der Waals surface area (Å²) in [5.74, 6) is 0.691. The Hall–Kier alpha value is -3.45. The molecule has 4 rings (SSSR count). The normalized spacial score (nSPS) is 11.2. The zero-order chi connectivity index (χ0) is 22.7. The molecule has 0 radical (unpaired) electrons. The largest absolute Gasteiger partial charge is 0.382 e. The second kappa shape index (κ2) is 9.36. The number of hydrogen-bond donors (Lipinski definition) is 2. The molecular formula is C25H27FN4O2. The molecule has 2 N–H and O–H groups in total. The van der Waals surface area contributed by atoms with Gasteiger partial charge in [0, 0.05) is 31.0 Å². The van der Waals surface area contributed by atoms with Gasteiger partial charge in [0.2, 0.25) is 0 Å². The van der Waals surface area contributed by atoms with E-state index in [0.717, 1.165) is 34.3 Å². The highest BCUT2D eigenvalue weighted by molar-refractivity contribution is 6.06. The quantitative estimate of drug-likeness (QED) is 0.362. The standard InChI is InChI=1S/C25H27FN4O2/c1-4-32-15-7-14-30-17(3)16(2)22(23-27-20-8-5-6-9-21(20)28-23)24(30)29-25(31)18-10-12-19(26)13-11-18/h5-6,8-13H,4,7,14-15H2,1-3H3,(H,27,28)(H,29,31). The minimum atomic E-state index is -0.379. The van der Waals surface area contributed by atoms with Gasteiger partial charge in [-0.3, -0.25) is 4.79 Å². The molecule has 0 aliphatic rings. The number of rotatable bonds is 8. The van der Waals surface area contributed by atoms with Crippen LogP contribution in [0.2, 0.25) is 0 Å². The third kappa shape index (κ3) is 4.29. The maximum absolute atomic E-state index is 13.3. The fraction of sp³-hybridized carbons (Fsp3) is 0.280. The number of benzene rings is 2. The summed E-state index contributed by atoms with van der Waals surface area (Å²) in [6, 6.07) is 13.4. The van der Waals surface area contributed by atoms with Crippen LogP contribution in [-0.2, 0) is 11.3 Å². The number of aromatic amines is 1. The van der Waals surface area contributed by atoms with Crippen molar-refractivity contribution in [2.75, 3.05) is 18.5 Å². The van der Waals surface area contributed by atoms with Crippen LogP contribution in [0.15, 0.2) is 48.5 Å². The Labute approximate surface area is 186 Å². The molecule has 0 spiro atoms. The number of carbonyl (C=O) groups is 1. The van der Waals surface area contributed by atoms with Crippen molar-refractivity contribution in [1.82, 2.24) is 14.5 Å². The molecule has 0 bridgehead atoms. The number of H-pyrrole nitrogens is 1. The van der Waals surface area contributed by atoms with Crippen molar-refractivity contribution < 1.29 is 13.9 Å². The number of amides is 1. The monoisotopic (exact) mass is 434 g/mol. The van der Waals surface area contributed by atoms with Gasteiger partial charge in [0.05, 0.1) is 16.6 Å². The smallest absolute Gasteiger partial charge is 0.256 e. The molecule has 1 amide bonds. The van der Waals surface area contributed by atoms with Gasteiger partial charge >= 0.3 is 0 Å². The van der Waals surface area contributed by atoms with Gasteiger partial charge in [-0.05, 0) is 69.2 Å². The Morgan fingerprint density at radius 1 is 1.16 bits per heavy atom. The summed E-state index contributed by atoms with van der Waals surface area (Å²) in [7, 11) is 0. The molecule has 2 aromatic carbocycles. The topological polar surface area (TPSA) is 71.9 Å². The molecule has 0 saturated carbocycles. The van der Waals surface area contributed by atoms with Crippen molar-refractivity contribution in [3.05, 3.63) is 71.2 Å². The van der Waals surface area contributed by atoms with Gasteiger partial charge in [0.1, 0.15) is 17.5 Å². The van der Waals surface area contributed by atoms with E-state index >= 15 is 0 Å². The highest BCUT2D eigenvalue weighted by Crippen LogP contribution is 2.36. The van der Waals surface area contributed by atoms with Crippen LogP contribution >= 0.6 is 0 Å². The SMILES string of the molecule is CCOCCCn1c(C)c(C)c(-c2nc3ccccc3[nH]2)c1NC(=O)c1ccc(F)cc1. The average molecular weight is 435 g/mol. The van der Waals surface area contributed by atoms with E-state index in [1.54, 1.807) is 0 Å². The number of aromatic nitrogens is 3. The number of nitrogens with zero attached hydrogens (tertiary/aromatic N) is 2. The molecule has 32 heavy (non-hydrogen) atoms. The minimum Gasteiger partial charge on any atom is -0.382 e. The predicted molar refractivity (Wildman–Crippen MR) is 124 cm³/mol. The van der Waals surface area contributed by atoms with Gasteiger partial charge in [-0.1, -0.05) is 12.1 Å². The number of halogens is 1. The molecule has 0 aliphatic carbocycles. The summed E-state index contributed by atoms with van der Waals surface area (Å²) in [4.78, 5) is 21.2. The number of fused-ring (bicyclic) bond motifs is 1. The van der Waals surface area contributed by atoms with Crippen molar-refractivity contribution in [3.63, 3.8) is 0 Å². The summed E-state index contributed by atoms with van der Waals surface area (Å²) in [6.45, 7) is 8.03. The number of imidazole rings is 1. The van der Waals surface area contributed by atoms with Crippen LogP contribution in [-0.4, -0.2) is 33.7 Å². The van der Waals surface area contributed by atoms with E-state index in [0.29, 0.717) is 37.0 Å². The van der Waals surface area contributed by atoms with Gasteiger partial charge in [0.15, 0.2) is 0 Å². The van der Waals surface area contributed by atoms with E-state index in [4.69, 9.17) is 9.72 Å². The lowest BCUT2D eigenvalue weighted by molar-refractivity contribution is 0.102. The van der Waals surface area contributed by atoms with E-state index < -0.39 is 0 Å². The van der Waals surface area contributed by atoms with Gasteiger partial charge in [0.25, 0.3) is 5.91 Å². The number of anilines is 1. The molecule has 7 heteroatoms. The molecule has 4 aromatic rings. The molecule has 0 fully saturated rings. The first-order chi connectivity index (χ1) is 15.5. The summed E-state index contributed by atoms with van der Waals surface area (Å²) >= 11 is 0. The Kier molecular flexibility index (Phi) is 6.37. The first-order valence-electron chi connectivity index (χ1n) is 10.8. The predicted octanol–water partition coefficient (Wildman–Crippen LogP) is 5.47. The van der Waals surface area contributed by atoms with Crippen LogP contribution in [0.1, 0.15) is 35.0 Å². The van der Waals surface area contributed by atoms with Crippen molar-refractivity contribution in [2.24, 2.45) is 0 Å². The van der Waals surface area contributed by atoms with Crippen molar-refractivity contribution in [3.8, 4) is 11.4 Å². The Morgan fingerprint density at radius 2 is 1.91 bits per heavy atom. The average Bonchev–Trinajstić information content (AvgIpc) is 3.31. The maximum atomic E-state index is 13.3. The lowest BCUT2D eigenvalue weighted by Crippen LogP contribution is -2.17. The third-order valence-corrected chi connectivity index (χ3v) is 5.67. The molecular weight excluding hydrogens is 407 g/mol. The molecule has 2 aromatic heterocycles. The summed E-state index contributed by atoms with van der Waals surface area (Å²) < 4.78 is 20.9. The summed E-state index contributed by atoms with van der Waals surface area (Å²) in [5, 5.41) is 3.06. The minimum absolute atomic E-state index is 0.300. The molecule has 166 valence electrons. The highest BCUT2D eigenvalue weighted by Gasteiger charge is 2.23. The molecule has 0 unspecified atom stereocenters. The van der Waals surface area contributed by atoms with Gasteiger partial charge < -0.3 is 19.6 Å². The first kappa shape index (κ1) is 21.8. The van der Waals surface area contributed by atoms with Crippen molar-refractivity contribution in [1.29, 1.82) is 0 Å². The van der Waals surface area contributed by atoms with Crippen LogP contribution in [0.3, 0.4) is 0 Å². The van der Waals surface area contributed by atoms with Gasteiger partial charge in [-0.2, -0.15) is 0 Å². The number of hydrogen-bond acceptors (Lipinski definition) is 3. The molecule has 6 nitrogen and oxygen atoms in total. The summed E-state index contributed by atoms with van der Waals surface area (Å²) in [6.07, 6.45) is 0.807. The lowest BCUT2D eigenvalue weighted by Gasteiger charge is -2.14. The van der Waals surface area contributed by atoms with Gasteiger partial charge in [-0.25, -0.2) is 9.37 Å². The number of para-hydroxylation sites is 2. The second-order valence-electron chi connectivity index (χ2n) is 7.70. The van der Waals surface area contributed by atoms with Crippen LogP contribution in [0.4, 0.5) is 10.2 Å². The maximum Gasteiger partial charge on any atom is 0.256 e. The van der Waals surface area contributed by atoms with Crippen LogP contribution in [0.5, 0.6) is 0 Å². The summed E-state index contributed by atoms with van der Waals surface area (Å²) in [5.41, 5.74) is 5.12. The second-order valence-corrected chi connectivity index (χ2v) is 7.70. The van der Waals surface area contributed by atoms with Crippen LogP contribution in [0, 0.1) is 19.7 Å². The Bertz CT molecular complexity index is 1210. The molecule has 2 heterocycles. The van der Waals surface area contributed by atoms with Crippen molar-refractivity contribution in [2.45, 2.75) is 33.7 Å². The molecule has 0 saturated heterocycles. The van der Waals surface area contributed by atoms with E-state index in [2.05, 4.69) is 14.9 Å². The van der Waals surface area contributed by atoms with E-state index in [1.165, 1.54) is 24.3 Å².